The van der Waals surface area contributed by atoms with E-state index in [4.69, 9.17) is 5.11 Å². The van der Waals surface area contributed by atoms with Crippen molar-refractivity contribution in [3.8, 4) is 0 Å². The van der Waals surface area contributed by atoms with Gasteiger partial charge >= 0.3 is 0 Å². The molecular weight excluding hydrogens is 230 g/mol. The molecule has 1 N–H and O–H groups in total. The van der Waals surface area contributed by atoms with E-state index in [2.05, 4.69) is 44.0 Å². The molecule has 0 aliphatic rings. The molecule has 0 aliphatic heterocycles. The van der Waals surface area contributed by atoms with Gasteiger partial charge in [0.05, 0.1) is 6.61 Å². The minimum absolute atomic E-state index is 0.227. The maximum atomic E-state index is 9.04. The summed E-state index contributed by atoms with van der Waals surface area (Å²) in [6, 6.07) is 6.85. The van der Waals surface area contributed by atoms with Crippen LogP contribution in [-0.2, 0) is 0 Å². The average molecular weight is 253 g/mol. The quantitative estimate of drug-likeness (QED) is 0.789. The van der Waals surface area contributed by atoms with Crippen molar-refractivity contribution in [2.24, 2.45) is 0 Å². The van der Waals surface area contributed by atoms with Gasteiger partial charge in [-0.3, -0.25) is 0 Å². The van der Waals surface area contributed by atoms with Crippen LogP contribution >= 0.6 is 11.8 Å². The molecule has 0 heterocycles. The van der Waals surface area contributed by atoms with Crippen LogP contribution in [0.3, 0.4) is 0 Å². The predicted octanol–water partition coefficient (Wildman–Crippen LogP) is 2.71. The fraction of sp³-hybridized carbons (Fsp3) is 0.571. The van der Waals surface area contributed by atoms with E-state index in [9.17, 15) is 0 Å². The lowest BCUT2D eigenvalue weighted by atomic mass is 10.1. The number of rotatable bonds is 6. The fourth-order valence-electron chi connectivity index (χ4n) is 1.47. The molecule has 0 bridgehead atoms. The van der Waals surface area contributed by atoms with Crippen LogP contribution in [0.2, 0.25) is 0 Å². The minimum atomic E-state index is 0.227. The van der Waals surface area contributed by atoms with Gasteiger partial charge in [0.2, 0.25) is 0 Å². The summed E-state index contributed by atoms with van der Waals surface area (Å²) in [5, 5.41) is 9.04. The lowest BCUT2D eigenvalue weighted by molar-refractivity contribution is 0.165. The van der Waals surface area contributed by atoms with Crippen LogP contribution in [0.4, 0.5) is 0 Å². The monoisotopic (exact) mass is 253 g/mol. The summed E-state index contributed by atoms with van der Waals surface area (Å²) in [4.78, 5) is 3.52. The van der Waals surface area contributed by atoms with E-state index in [1.54, 1.807) is 0 Å². The Hall–Kier alpha value is -0.510. The van der Waals surface area contributed by atoms with Gasteiger partial charge in [-0.15, -0.1) is 11.8 Å². The lowest BCUT2D eigenvalue weighted by Crippen LogP contribution is -2.33. The second kappa shape index (κ2) is 7.04. The Morgan fingerprint density at radius 2 is 2.00 bits per heavy atom. The first-order valence-electron chi connectivity index (χ1n) is 6.05. The molecule has 0 saturated carbocycles. The van der Waals surface area contributed by atoms with E-state index in [1.165, 1.54) is 16.0 Å². The topological polar surface area (TPSA) is 23.5 Å². The molecule has 17 heavy (non-hydrogen) atoms. The van der Waals surface area contributed by atoms with Gasteiger partial charge in [-0.1, -0.05) is 6.07 Å². The van der Waals surface area contributed by atoms with Gasteiger partial charge in [-0.05, 0) is 51.1 Å². The Morgan fingerprint density at radius 1 is 1.29 bits per heavy atom. The molecule has 0 aliphatic carbocycles. The SMILES string of the molecule is Cc1ccc(SCCN(C)C(C)CO)cc1C. The molecule has 96 valence electrons. The van der Waals surface area contributed by atoms with Crippen LogP contribution in [0.15, 0.2) is 23.1 Å². The third kappa shape index (κ3) is 4.70. The molecule has 1 rings (SSSR count). The number of aliphatic hydroxyl groups excluding tert-OH is 1. The number of hydrogen-bond acceptors (Lipinski definition) is 3. The van der Waals surface area contributed by atoms with Crippen LogP contribution in [0.5, 0.6) is 0 Å². The smallest absolute Gasteiger partial charge is 0.0584 e. The summed E-state index contributed by atoms with van der Waals surface area (Å²) in [6.45, 7) is 7.56. The predicted molar refractivity (Wildman–Crippen MR) is 75.8 cm³/mol. The highest BCUT2D eigenvalue weighted by molar-refractivity contribution is 7.99. The maximum Gasteiger partial charge on any atom is 0.0584 e. The number of hydrogen-bond donors (Lipinski definition) is 1. The molecule has 0 saturated heterocycles. The molecule has 1 aromatic rings. The number of benzene rings is 1. The van der Waals surface area contributed by atoms with Crippen molar-refractivity contribution in [3.63, 3.8) is 0 Å². The molecule has 0 fully saturated rings. The van der Waals surface area contributed by atoms with Gasteiger partial charge in [-0.25, -0.2) is 0 Å². The number of aryl methyl sites for hydroxylation is 2. The first-order valence-corrected chi connectivity index (χ1v) is 7.04. The van der Waals surface area contributed by atoms with Crippen LogP contribution in [-0.4, -0.2) is 42.0 Å². The van der Waals surface area contributed by atoms with E-state index in [0.29, 0.717) is 0 Å². The van der Waals surface area contributed by atoms with Crippen LogP contribution in [0.1, 0.15) is 18.1 Å². The van der Waals surface area contributed by atoms with E-state index < -0.39 is 0 Å². The molecule has 2 nitrogen and oxygen atoms in total. The Labute approximate surface area is 109 Å². The van der Waals surface area contributed by atoms with Gasteiger partial charge in [0.1, 0.15) is 0 Å². The van der Waals surface area contributed by atoms with Crippen molar-refractivity contribution in [3.05, 3.63) is 29.3 Å². The highest BCUT2D eigenvalue weighted by atomic mass is 32.2. The van der Waals surface area contributed by atoms with Gasteiger partial charge in [0.15, 0.2) is 0 Å². The zero-order valence-corrected chi connectivity index (χ0v) is 12.0. The van der Waals surface area contributed by atoms with Crippen molar-refractivity contribution in [2.75, 3.05) is 26.0 Å². The largest absolute Gasteiger partial charge is 0.395 e. The number of aliphatic hydroxyl groups is 1. The molecule has 1 unspecified atom stereocenters. The summed E-state index contributed by atoms with van der Waals surface area (Å²) in [7, 11) is 2.06. The molecule has 0 spiro atoms. The van der Waals surface area contributed by atoms with Crippen molar-refractivity contribution in [2.45, 2.75) is 31.7 Å². The summed E-state index contributed by atoms with van der Waals surface area (Å²) >= 11 is 1.88. The zero-order valence-electron chi connectivity index (χ0n) is 11.2. The summed E-state index contributed by atoms with van der Waals surface area (Å²) in [6.07, 6.45) is 0. The summed E-state index contributed by atoms with van der Waals surface area (Å²) in [5.74, 6) is 1.06. The number of likely N-dealkylation sites (N-methyl/N-ethyl adjacent to an activating group) is 1. The number of thioether (sulfide) groups is 1. The molecule has 1 atom stereocenters. The van der Waals surface area contributed by atoms with Crippen molar-refractivity contribution in [1.29, 1.82) is 0 Å². The third-order valence-electron chi connectivity index (χ3n) is 3.21. The van der Waals surface area contributed by atoms with Crippen LogP contribution in [0.25, 0.3) is 0 Å². The van der Waals surface area contributed by atoms with Crippen molar-refractivity contribution in [1.82, 2.24) is 4.90 Å². The van der Waals surface area contributed by atoms with Gasteiger partial charge in [0.25, 0.3) is 0 Å². The molecule has 0 amide bonds. The highest BCUT2D eigenvalue weighted by Gasteiger charge is 2.07. The van der Waals surface area contributed by atoms with E-state index in [1.807, 2.05) is 18.7 Å². The van der Waals surface area contributed by atoms with E-state index >= 15 is 0 Å². The lowest BCUT2D eigenvalue weighted by Gasteiger charge is -2.22. The fourth-order valence-corrected chi connectivity index (χ4v) is 2.51. The van der Waals surface area contributed by atoms with Crippen molar-refractivity contribution >= 4 is 11.8 Å². The van der Waals surface area contributed by atoms with Gasteiger partial charge in [-0.2, -0.15) is 0 Å². The second-order valence-electron chi connectivity index (χ2n) is 4.61. The molecule has 1 aromatic carbocycles. The molecule has 3 heteroatoms. The molecule has 0 radical (unpaired) electrons. The normalized spacial score (nSPS) is 13.1. The van der Waals surface area contributed by atoms with Crippen LogP contribution in [0, 0.1) is 13.8 Å². The standard InChI is InChI=1S/C14H23NOS/c1-11-5-6-14(9-12(11)2)17-8-7-15(4)13(3)10-16/h5-6,9,13,16H,7-8,10H2,1-4H3. The first kappa shape index (κ1) is 14.6. The Kier molecular flexibility index (Phi) is 6.03. The highest BCUT2D eigenvalue weighted by Crippen LogP contribution is 2.21. The maximum absolute atomic E-state index is 9.04. The van der Waals surface area contributed by atoms with E-state index in [-0.39, 0.29) is 12.6 Å². The molecule has 0 aromatic heterocycles. The Bertz CT molecular complexity index is 354. The van der Waals surface area contributed by atoms with Crippen LogP contribution < -0.4 is 0 Å². The van der Waals surface area contributed by atoms with Crippen molar-refractivity contribution < 1.29 is 5.11 Å². The summed E-state index contributed by atoms with van der Waals surface area (Å²) in [5.41, 5.74) is 2.70. The minimum Gasteiger partial charge on any atom is -0.395 e. The average Bonchev–Trinajstić information content (AvgIpc) is 2.32. The Balaban J connectivity index is 2.38. The second-order valence-corrected chi connectivity index (χ2v) is 5.78. The third-order valence-corrected chi connectivity index (χ3v) is 4.18. The summed E-state index contributed by atoms with van der Waals surface area (Å²) < 4.78 is 0. The Morgan fingerprint density at radius 3 is 2.59 bits per heavy atom. The van der Waals surface area contributed by atoms with Gasteiger partial charge in [0, 0.05) is 23.2 Å². The zero-order chi connectivity index (χ0) is 12.8. The molecular formula is C14H23NOS. The number of nitrogens with zero attached hydrogens (tertiary/aromatic N) is 1. The van der Waals surface area contributed by atoms with E-state index in [0.717, 1.165) is 12.3 Å². The van der Waals surface area contributed by atoms with Gasteiger partial charge < -0.3 is 10.0 Å². The first-order chi connectivity index (χ1) is 8.04.